The van der Waals surface area contributed by atoms with E-state index in [1.165, 1.54) is 38.5 Å². The maximum absolute atomic E-state index is 10.6. The fourth-order valence-corrected chi connectivity index (χ4v) is 1.33. The fraction of sp³-hybridized carbons (Fsp3) is 0.846. The molecular formula is C13H26O3. The SMILES string of the molecule is CC(=O)O.CCCCCCCCCC(C)=O. The number of carbonyl (C=O) groups is 2. The van der Waals surface area contributed by atoms with Crippen molar-refractivity contribution in [1.29, 1.82) is 0 Å². The lowest BCUT2D eigenvalue weighted by atomic mass is 10.1. The molecule has 1 N–H and O–H groups in total. The topological polar surface area (TPSA) is 54.4 Å². The molecule has 0 aromatic carbocycles. The summed E-state index contributed by atoms with van der Waals surface area (Å²) in [6.45, 7) is 4.99. The van der Waals surface area contributed by atoms with Crippen molar-refractivity contribution in [3.63, 3.8) is 0 Å². The lowest BCUT2D eigenvalue weighted by molar-refractivity contribution is -0.134. The van der Waals surface area contributed by atoms with Gasteiger partial charge in [0, 0.05) is 13.3 Å². The molecule has 0 aromatic heterocycles. The minimum atomic E-state index is -0.833. The van der Waals surface area contributed by atoms with E-state index in [0.717, 1.165) is 19.8 Å². The number of carboxylic acids is 1. The van der Waals surface area contributed by atoms with Gasteiger partial charge in [-0.25, -0.2) is 0 Å². The maximum Gasteiger partial charge on any atom is 0.300 e. The Hall–Kier alpha value is -0.860. The highest BCUT2D eigenvalue weighted by molar-refractivity contribution is 5.75. The van der Waals surface area contributed by atoms with Crippen molar-refractivity contribution >= 4 is 11.8 Å². The highest BCUT2D eigenvalue weighted by Gasteiger charge is 1.93. The van der Waals surface area contributed by atoms with Crippen molar-refractivity contribution in [3.8, 4) is 0 Å². The first-order chi connectivity index (χ1) is 7.50. The van der Waals surface area contributed by atoms with Crippen LogP contribution < -0.4 is 0 Å². The highest BCUT2D eigenvalue weighted by atomic mass is 16.4. The van der Waals surface area contributed by atoms with E-state index in [-0.39, 0.29) is 0 Å². The lowest BCUT2D eigenvalue weighted by Crippen LogP contribution is -1.89. The van der Waals surface area contributed by atoms with Crippen molar-refractivity contribution in [1.82, 2.24) is 0 Å². The molecule has 0 aliphatic carbocycles. The summed E-state index contributed by atoms with van der Waals surface area (Å²) in [5, 5.41) is 7.42. The second-order valence-electron chi connectivity index (χ2n) is 4.09. The summed E-state index contributed by atoms with van der Waals surface area (Å²) >= 11 is 0. The van der Waals surface area contributed by atoms with Gasteiger partial charge in [0.15, 0.2) is 0 Å². The molecule has 0 saturated carbocycles. The summed E-state index contributed by atoms with van der Waals surface area (Å²) in [4.78, 5) is 19.6. The van der Waals surface area contributed by atoms with Gasteiger partial charge in [-0.1, -0.05) is 45.4 Å². The van der Waals surface area contributed by atoms with Gasteiger partial charge < -0.3 is 9.90 Å². The summed E-state index contributed by atoms with van der Waals surface area (Å²) < 4.78 is 0. The molecule has 96 valence electrons. The molecule has 0 bridgehead atoms. The van der Waals surface area contributed by atoms with Crippen molar-refractivity contribution in [2.24, 2.45) is 0 Å². The van der Waals surface area contributed by atoms with Gasteiger partial charge in [-0.2, -0.15) is 0 Å². The van der Waals surface area contributed by atoms with Crippen LogP contribution in [-0.2, 0) is 9.59 Å². The Morgan fingerprint density at radius 1 is 0.875 bits per heavy atom. The third-order valence-electron chi connectivity index (χ3n) is 2.13. The summed E-state index contributed by atoms with van der Waals surface area (Å²) in [5.74, 6) is -0.497. The molecule has 0 radical (unpaired) electrons. The van der Waals surface area contributed by atoms with E-state index in [2.05, 4.69) is 6.92 Å². The molecule has 3 nitrogen and oxygen atoms in total. The first kappa shape index (κ1) is 17.5. The largest absolute Gasteiger partial charge is 0.481 e. The first-order valence-electron chi connectivity index (χ1n) is 6.19. The summed E-state index contributed by atoms with van der Waals surface area (Å²) in [7, 11) is 0. The molecule has 0 amide bonds. The van der Waals surface area contributed by atoms with Crippen LogP contribution in [0, 0.1) is 0 Å². The van der Waals surface area contributed by atoms with E-state index in [4.69, 9.17) is 9.90 Å². The molecule has 0 aliphatic rings. The molecule has 0 atom stereocenters. The number of hydrogen-bond donors (Lipinski definition) is 1. The number of ketones is 1. The molecule has 3 heteroatoms. The third kappa shape index (κ3) is 29.2. The summed E-state index contributed by atoms with van der Waals surface area (Å²) in [6, 6.07) is 0. The van der Waals surface area contributed by atoms with Gasteiger partial charge >= 0.3 is 0 Å². The average molecular weight is 230 g/mol. The minimum absolute atomic E-state index is 0.337. The van der Waals surface area contributed by atoms with Crippen molar-refractivity contribution in [3.05, 3.63) is 0 Å². The van der Waals surface area contributed by atoms with Gasteiger partial charge in [0.25, 0.3) is 5.97 Å². The number of Topliss-reactive ketones (excluding diaryl/α,β-unsaturated/α-hetero) is 1. The van der Waals surface area contributed by atoms with Gasteiger partial charge in [-0.05, 0) is 13.3 Å². The quantitative estimate of drug-likeness (QED) is 0.645. The van der Waals surface area contributed by atoms with Gasteiger partial charge in [0.05, 0.1) is 0 Å². The Bertz CT molecular complexity index is 172. The lowest BCUT2D eigenvalue weighted by Gasteiger charge is -1.98. The van der Waals surface area contributed by atoms with Crippen LogP contribution in [0.4, 0.5) is 0 Å². The molecule has 0 saturated heterocycles. The van der Waals surface area contributed by atoms with Gasteiger partial charge in [-0.15, -0.1) is 0 Å². The Kier molecular flexibility index (Phi) is 15.5. The molecule has 0 aliphatic heterocycles. The number of aliphatic carboxylic acids is 1. The van der Waals surface area contributed by atoms with E-state index in [1.807, 2.05) is 0 Å². The van der Waals surface area contributed by atoms with Gasteiger partial charge in [-0.3, -0.25) is 4.79 Å². The van der Waals surface area contributed by atoms with Crippen LogP contribution in [0.5, 0.6) is 0 Å². The van der Waals surface area contributed by atoms with Gasteiger partial charge in [0.1, 0.15) is 5.78 Å². The predicted molar refractivity (Wildman–Crippen MR) is 66.6 cm³/mol. The van der Waals surface area contributed by atoms with Crippen LogP contribution in [0.1, 0.15) is 72.1 Å². The summed E-state index contributed by atoms with van der Waals surface area (Å²) in [6.07, 6.45) is 9.84. The molecule has 16 heavy (non-hydrogen) atoms. The second-order valence-corrected chi connectivity index (χ2v) is 4.09. The van der Waals surface area contributed by atoms with Crippen LogP contribution in [0.25, 0.3) is 0 Å². The Labute approximate surface area is 99.2 Å². The average Bonchev–Trinajstić information content (AvgIpc) is 2.15. The van der Waals surface area contributed by atoms with Crippen molar-refractivity contribution < 1.29 is 14.7 Å². The highest BCUT2D eigenvalue weighted by Crippen LogP contribution is 2.08. The zero-order valence-electron chi connectivity index (χ0n) is 10.9. The normalized spacial score (nSPS) is 9.19. The molecule has 0 rings (SSSR count). The zero-order chi connectivity index (χ0) is 12.8. The number of carboxylic acid groups (broad SMARTS) is 1. The number of unbranched alkanes of at least 4 members (excludes halogenated alkanes) is 6. The van der Waals surface area contributed by atoms with Crippen LogP contribution in [0.15, 0.2) is 0 Å². The number of carbonyl (C=O) groups excluding carboxylic acids is 1. The van der Waals surface area contributed by atoms with E-state index in [9.17, 15) is 4.79 Å². The Morgan fingerprint density at radius 3 is 1.62 bits per heavy atom. The molecule has 0 unspecified atom stereocenters. The van der Waals surface area contributed by atoms with Crippen LogP contribution in [-0.4, -0.2) is 16.9 Å². The molecule has 0 fully saturated rings. The number of rotatable bonds is 8. The van der Waals surface area contributed by atoms with Crippen molar-refractivity contribution in [2.45, 2.75) is 72.1 Å². The van der Waals surface area contributed by atoms with Gasteiger partial charge in [0.2, 0.25) is 0 Å². The van der Waals surface area contributed by atoms with Crippen molar-refractivity contribution in [2.75, 3.05) is 0 Å². The Morgan fingerprint density at radius 2 is 1.25 bits per heavy atom. The molecular weight excluding hydrogens is 204 g/mol. The standard InChI is InChI=1S/C11H22O.C2H4O2/c1-3-4-5-6-7-8-9-10-11(2)12;1-2(3)4/h3-10H2,1-2H3;1H3,(H,3,4). The van der Waals surface area contributed by atoms with Crippen LogP contribution >= 0.6 is 0 Å². The van der Waals surface area contributed by atoms with E-state index in [0.29, 0.717) is 5.78 Å². The maximum atomic E-state index is 10.6. The van der Waals surface area contributed by atoms with E-state index >= 15 is 0 Å². The fourth-order valence-electron chi connectivity index (χ4n) is 1.33. The molecule has 0 aromatic rings. The second kappa shape index (κ2) is 14.1. The van der Waals surface area contributed by atoms with Crippen LogP contribution in [0.3, 0.4) is 0 Å². The monoisotopic (exact) mass is 230 g/mol. The van der Waals surface area contributed by atoms with E-state index < -0.39 is 5.97 Å². The molecule has 0 spiro atoms. The van der Waals surface area contributed by atoms with Crippen LogP contribution in [0.2, 0.25) is 0 Å². The van der Waals surface area contributed by atoms with E-state index in [1.54, 1.807) is 6.92 Å². The number of hydrogen-bond acceptors (Lipinski definition) is 2. The zero-order valence-corrected chi connectivity index (χ0v) is 10.9. The Balaban J connectivity index is 0. The summed E-state index contributed by atoms with van der Waals surface area (Å²) in [5.41, 5.74) is 0. The smallest absolute Gasteiger partial charge is 0.300 e. The third-order valence-corrected chi connectivity index (χ3v) is 2.13. The minimum Gasteiger partial charge on any atom is -0.481 e. The first-order valence-corrected chi connectivity index (χ1v) is 6.19. The molecule has 0 heterocycles. The predicted octanol–water partition coefficient (Wildman–Crippen LogP) is 3.81.